The van der Waals surface area contributed by atoms with Crippen molar-refractivity contribution in [2.75, 3.05) is 13.1 Å². The highest BCUT2D eigenvalue weighted by atomic mass is 35.5. The summed E-state index contributed by atoms with van der Waals surface area (Å²) < 4.78 is 0. The third-order valence-electron chi connectivity index (χ3n) is 4.20. The van der Waals surface area contributed by atoms with Gasteiger partial charge in [-0.15, -0.1) is 11.3 Å². The summed E-state index contributed by atoms with van der Waals surface area (Å²) in [7, 11) is 0. The second-order valence-electron chi connectivity index (χ2n) is 5.79. The van der Waals surface area contributed by atoms with Crippen molar-refractivity contribution in [1.29, 1.82) is 0 Å². The quantitative estimate of drug-likeness (QED) is 0.660. The van der Waals surface area contributed by atoms with Crippen molar-refractivity contribution in [2.45, 2.75) is 51.1 Å². The van der Waals surface area contributed by atoms with E-state index in [2.05, 4.69) is 24.2 Å². The summed E-state index contributed by atoms with van der Waals surface area (Å²) in [6, 6.07) is 2.02. The molecule has 0 radical (unpaired) electrons. The summed E-state index contributed by atoms with van der Waals surface area (Å²) in [4.78, 5) is 3.69. The lowest BCUT2D eigenvalue weighted by Gasteiger charge is -2.43. The molecule has 0 aliphatic carbocycles. The molecule has 1 aromatic heterocycles. The van der Waals surface area contributed by atoms with E-state index in [9.17, 15) is 0 Å². The van der Waals surface area contributed by atoms with Crippen molar-refractivity contribution < 1.29 is 0 Å². The number of halogens is 1. The van der Waals surface area contributed by atoms with Crippen LogP contribution in [0.1, 0.15) is 50.4 Å². The van der Waals surface area contributed by atoms with Crippen molar-refractivity contribution in [2.24, 2.45) is 5.84 Å². The average molecular weight is 302 g/mol. The molecule has 19 heavy (non-hydrogen) atoms. The Balaban J connectivity index is 2.22. The van der Waals surface area contributed by atoms with Crippen LogP contribution in [-0.2, 0) is 0 Å². The summed E-state index contributed by atoms with van der Waals surface area (Å²) >= 11 is 7.96. The number of rotatable bonds is 4. The first-order chi connectivity index (χ1) is 9.07. The van der Waals surface area contributed by atoms with Crippen LogP contribution in [0.3, 0.4) is 0 Å². The molecule has 0 spiro atoms. The van der Waals surface area contributed by atoms with E-state index in [-0.39, 0.29) is 11.6 Å². The van der Waals surface area contributed by atoms with E-state index in [4.69, 9.17) is 17.4 Å². The van der Waals surface area contributed by atoms with Crippen LogP contribution in [0, 0.1) is 0 Å². The molecule has 108 valence electrons. The molecule has 1 atom stereocenters. The minimum Gasteiger partial charge on any atom is -0.296 e. The molecular formula is C14H24ClN3S. The largest absolute Gasteiger partial charge is 0.296 e. The predicted molar refractivity (Wildman–Crippen MR) is 83.5 cm³/mol. The number of nitrogens with one attached hydrogen (secondary N) is 1. The molecule has 3 nitrogen and oxygen atoms in total. The molecule has 1 aliphatic heterocycles. The van der Waals surface area contributed by atoms with E-state index < -0.39 is 0 Å². The summed E-state index contributed by atoms with van der Waals surface area (Å²) in [6.45, 7) is 6.82. The minimum absolute atomic E-state index is 0.0341. The summed E-state index contributed by atoms with van der Waals surface area (Å²) in [5.41, 5.74) is 2.95. The molecule has 5 heteroatoms. The number of thiophene rings is 1. The fraction of sp³-hybridized carbons (Fsp3) is 0.714. The Morgan fingerprint density at radius 2 is 1.95 bits per heavy atom. The van der Waals surface area contributed by atoms with Crippen LogP contribution >= 0.6 is 22.9 Å². The van der Waals surface area contributed by atoms with Gasteiger partial charge >= 0.3 is 0 Å². The highest BCUT2D eigenvalue weighted by molar-refractivity contribution is 7.10. The molecule has 1 aliphatic rings. The van der Waals surface area contributed by atoms with E-state index in [0.717, 1.165) is 23.0 Å². The Morgan fingerprint density at radius 3 is 2.42 bits per heavy atom. The minimum atomic E-state index is -0.0341. The van der Waals surface area contributed by atoms with Gasteiger partial charge in [0.25, 0.3) is 0 Å². The Labute approximate surface area is 125 Å². The molecule has 1 fully saturated rings. The Morgan fingerprint density at radius 1 is 1.32 bits per heavy atom. The van der Waals surface area contributed by atoms with Crippen LogP contribution in [0.4, 0.5) is 0 Å². The summed E-state index contributed by atoms with van der Waals surface area (Å²) in [6.07, 6.45) is 5.23. The molecule has 0 aromatic carbocycles. The number of hydrogen-bond donors (Lipinski definition) is 2. The fourth-order valence-corrected chi connectivity index (χ4v) is 4.35. The van der Waals surface area contributed by atoms with Gasteiger partial charge < -0.3 is 0 Å². The zero-order valence-corrected chi connectivity index (χ0v) is 13.4. The number of hydrazine groups is 1. The maximum absolute atomic E-state index is 6.29. The van der Waals surface area contributed by atoms with Crippen LogP contribution in [0.25, 0.3) is 0 Å². The van der Waals surface area contributed by atoms with E-state index in [1.807, 2.05) is 11.4 Å². The zero-order chi connectivity index (χ0) is 13.9. The third kappa shape index (κ3) is 3.31. The summed E-state index contributed by atoms with van der Waals surface area (Å²) in [5.74, 6) is 5.84. The van der Waals surface area contributed by atoms with Gasteiger partial charge in [0.05, 0.1) is 11.1 Å². The molecule has 0 amide bonds. The lowest BCUT2D eigenvalue weighted by atomic mass is 9.91. The second kappa shape index (κ2) is 6.55. The smallest absolute Gasteiger partial charge is 0.0746 e. The topological polar surface area (TPSA) is 41.3 Å². The molecule has 2 rings (SSSR count). The second-order valence-corrected chi connectivity index (χ2v) is 7.14. The Kier molecular flexibility index (Phi) is 5.26. The lowest BCUT2D eigenvalue weighted by Crippen LogP contribution is -2.54. The molecule has 1 unspecified atom stereocenters. The molecule has 2 heterocycles. The zero-order valence-electron chi connectivity index (χ0n) is 11.8. The van der Waals surface area contributed by atoms with Gasteiger partial charge in [0, 0.05) is 10.4 Å². The first kappa shape index (κ1) is 15.3. The van der Waals surface area contributed by atoms with Gasteiger partial charge in [-0.2, -0.15) is 0 Å². The van der Waals surface area contributed by atoms with Gasteiger partial charge in [-0.05, 0) is 51.2 Å². The van der Waals surface area contributed by atoms with E-state index >= 15 is 0 Å². The summed E-state index contributed by atoms with van der Waals surface area (Å²) in [5, 5.41) is 2.84. The van der Waals surface area contributed by atoms with Crippen LogP contribution in [0.2, 0.25) is 5.02 Å². The number of likely N-dealkylation sites (tertiary alicyclic amines) is 1. The number of nitrogens with zero attached hydrogens (tertiary/aromatic N) is 1. The predicted octanol–water partition coefficient (Wildman–Crippen LogP) is 3.56. The monoisotopic (exact) mass is 301 g/mol. The molecule has 0 saturated carbocycles. The third-order valence-corrected chi connectivity index (χ3v) is 5.62. The molecule has 0 bridgehead atoms. The van der Waals surface area contributed by atoms with Gasteiger partial charge in [-0.3, -0.25) is 16.2 Å². The van der Waals surface area contributed by atoms with Gasteiger partial charge in [-0.25, -0.2) is 0 Å². The normalized spacial score (nSPS) is 20.2. The first-order valence-electron chi connectivity index (χ1n) is 7.01. The standard InChI is InChI=1S/C14H24ClN3S/c1-14(2,18-8-5-3-4-6-9-18)13(17-16)12-11(15)7-10-19-12/h7,10,13,17H,3-6,8-9,16H2,1-2H3. The van der Waals surface area contributed by atoms with Crippen LogP contribution < -0.4 is 11.3 Å². The lowest BCUT2D eigenvalue weighted by molar-refractivity contribution is 0.0847. The molecule has 1 saturated heterocycles. The molecular weight excluding hydrogens is 278 g/mol. The highest BCUT2D eigenvalue weighted by Gasteiger charge is 2.37. The van der Waals surface area contributed by atoms with Gasteiger partial charge in [0.15, 0.2) is 0 Å². The van der Waals surface area contributed by atoms with Crippen LogP contribution in [-0.4, -0.2) is 23.5 Å². The Hall–Kier alpha value is -0.130. The maximum Gasteiger partial charge on any atom is 0.0746 e. The van der Waals surface area contributed by atoms with Crippen molar-refractivity contribution >= 4 is 22.9 Å². The van der Waals surface area contributed by atoms with Crippen molar-refractivity contribution in [3.05, 3.63) is 21.3 Å². The molecule has 3 N–H and O–H groups in total. The van der Waals surface area contributed by atoms with Crippen LogP contribution in [0.15, 0.2) is 11.4 Å². The maximum atomic E-state index is 6.29. The van der Waals surface area contributed by atoms with Crippen LogP contribution in [0.5, 0.6) is 0 Å². The van der Waals surface area contributed by atoms with E-state index in [1.165, 1.54) is 25.7 Å². The SMILES string of the molecule is CC(C)(C(NN)c1sccc1Cl)N1CCCCCC1. The highest BCUT2D eigenvalue weighted by Crippen LogP contribution is 2.38. The Bertz CT molecular complexity index is 397. The van der Waals surface area contributed by atoms with Gasteiger partial charge in [0.2, 0.25) is 0 Å². The van der Waals surface area contributed by atoms with Crippen molar-refractivity contribution in [1.82, 2.24) is 10.3 Å². The van der Waals surface area contributed by atoms with E-state index in [0.29, 0.717) is 0 Å². The van der Waals surface area contributed by atoms with Crippen molar-refractivity contribution in [3.63, 3.8) is 0 Å². The van der Waals surface area contributed by atoms with Gasteiger partial charge in [0.1, 0.15) is 0 Å². The van der Waals surface area contributed by atoms with E-state index in [1.54, 1.807) is 11.3 Å². The average Bonchev–Trinajstić information content (AvgIpc) is 2.66. The van der Waals surface area contributed by atoms with Crippen molar-refractivity contribution in [3.8, 4) is 0 Å². The van der Waals surface area contributed by atoms with Gasteiger partial charge in [-0.1, -0.05) is 24.4 Å². The first-order valence-corrected chi connectivity index (χ1v) is 8.27. The molecule has 1 aromatic rings. The fourth-order valence-electron chi connectivity index (χ4n) is 2.94. The number of nitrogens with two attached hydrogens (primary N) is 1. The number of hydrogen-bond acceptors (Lipinski definition) is 4.